The first-order valence-electron chi connectivity index (χ1n) is 8.90. The molecule has 0 unspecified atom stereocenters. The third kappa shape index (κ3) is 4.68. The van der Waals surface area contributed by atoms with Crippen LogP contribution in [0.15, 0.2) is 54.6 Å². The quantitative estimate of drug-likeness (QED) is 0.591. The maximum Gasteiger partial charge on any atom is 0.230 e. The molecule has 1 aromatic heterocycles. The van der Waals surface area contributed by atoms with E-state index in [4.69, 9.17) is 0 Å². The summed E-state index contributed by atoms with van der Waals surface area (Å²) in [6.45, 7) is 5.80. The highest BCUT2D eigenvalue weighted by atomic mass is 32.1. The topological polar surface area (TPSA) is 59.1 Å². The Morgan fingerprint density at radius 2 is 1.70 bits per heavy atom. The van der Waals surface area contributed by atoms with Crippen LogP contribution in [0, 0.1) is 0 Å². The molecule has 27 heavy (non-hydrogen) atoms. The zero-order chi connectivity index (χ0) is 19.4. The van der Waals surface area contributed by atoms with E-state index in [0.717, 1.165) is 11.1 Å². The summed E-state index contributed by atoms with van der Waals surface area (Å²) >= 11 is 1.22. The van der Waals surface area contributed by atoms with Crippen LogP contribution in [0.3, 0.4) is 0 Å². The third-order valence-corrected chi connectivity index (χ3v) is 5.32. The second-order valence-corrected chi connectivity index (χ2v) is 7.74. The van der Waals surface area contributed by atoms with Gasteiger partial charge in [0.15, 0.2) is 10.9 Å². The molecule has 0 saturated carbocycles. The summed E-state index contributed by atoms with van der Waals surface area (Å²) in [7, 11) is 0. The molecule has 0 atom stereocenters. The van der Waals surface area contributed by atoms with Crippen LogP contribution in [-0.4, -0.2) is 16.7 Å². The van der Waals surface area contributed by atoms with E-state index in [0.29, 0.717) is 21.6 Å². The number of aromatic nitrogens is 1. The smallest absolute Gasteiger partial charge is 0.230 e. The molecule has 138 valence electrons. The van der Waals surface area contributed by atoms with E-state index in [-0.39, 0.29) is 18.1 Å². The largest absolute Gasteiger partial charge is 0.302 e. The molecule has 0 aliphatic rings. The molecule has 0 spiro atoms. The lowest BCUT2D eigenvalue weighted by atomic mass is 10.0. The van der Waals surface area contributed by atoms with Crippen LogP contribution >= 0.6 is 11.3 Å². The third-order valence-electron chi connectivity index (χ3n) is 4.25. The van der Waals surface area contributed by atoms with Gasteiger partial charge in [-0.25, -0.2) is 4.98 Å². The van der Waals surface area contributed by atoms with Crippen LogP contribution in [-0.2, 0) is 11.2 Å². The predicted octanol–water partition coefficient (Wildman–Crippen LogP) is 5.32. The van der Waals surface area contributed by atoms with Crippen molar-refractivity contribution in [1.29, 1.82) is 0 Å². The van der Waals surface area contributed by atoms with Crippen molar-refractivity contribution in [3.63, 3.8) is 0 Å². The van der Waals surface area contributed by atoms with Gasteiger partial charge in [-0.15, -0.1) is 0 Å². The van der Waals surface area contributed by atoms with Gasteiger partial charge in [0.05, 0.1) is 17.0 Å². The first-order chi connectivity index (χ1) is 12.9. The molecule has 3 rings (SSSR count). The van der Waals surface area contributed by atoms with E-state index in [1.165, 1.54) is 23.8 Å². The number of ketones is 1. The highest BCUT2D eigenvalue weighted by Crippen LogP contribution is 2.31. The van der Waals surface area contributed by atoms with Crippen molar-refractivity contribution in [1.82, 2.24) is 4.98 Å². The van der Waals surface area contributed by atoms with E-state index in [1.54, 1.807) is 0 Å². The Morgan fingerprint density at radius 1 is 1.04 bits per heavy atom. The maximum atomic E-state index is 12.4. The van der Waals surface area contributed by atoms with Crippen molar-refractivity contribution in [2.45, 2.75) is 33.1 Å². The minimum absolute atomic E-state index is 0.0591. The Kier molecular flexibility index (Phi) is 5.81. The fourth-order valence-electron chi connectivity index (χ4n) is 2.77. The molecule has 1 heterocycles. The Bertz CT molecular complexity index is 944. The van der Waals surface area contributed by atoms with E-state index >= 15 is 0 Å². The van der Waals surface area contributed by atoms with Gasteiger partial charge in [0.25, 0.3) is 0 Å². The first kappa shape index (κ1) is 19.0. The summed E-state index contributed by atoms with van der Waals surface area (Å²) in [6, 6.07) is 17.6. The molecule has 0 fully saturated rings. The first-order valence-corrected chi connectivity index (χ1v) is 9.71. The average molecular weight is 378 g/mol. The van der Waals surface area contributed by atoms with E-state index in [1.807, 2.05) is 42.5 Å². The van der Waals surface area contributed by atoms with Crippen LogP contribution in [0.2, 0.25) is 0 Å². The minimum atomic E-state index is -0.143. The van der Waals surface area contributed by atoms with Crippen molar-refractivity contribution in [3.8, 4) is 11.3 Å². The van der Waals surface area contributed by atoms with E-state index in [9.17, 15) is 9.59 Å². The second kappa shape index (κ2) is 8.27. The van der Waals surface area contributed by atoms with Gasteiger partial charge in [0.2, 0.25) is 5.91 Å². The fourth-order valence-corrected chi connectivity index (χ4v) is 3.67. The maximum absolute atomic E-state index is 12.4. The number of amides is 1. The van der Waals surface area contributed by atoms with Gasteiger partial charge in [-0.2, -0.15) is 0 Å². The van der Waals surface area contributed by atoms with Gasteiger partial charge in [0.1, 0.15) is 0 Å². The number of thiazole rings is 1. The van der Waals surface area contributed by atoms with Gasteiger partial charge in [-0.3, -0.25) is 9.59 Å². The van der Waals surface area contributed by atoms with Crippen molar-refractivity contribution in [2.24, 2.45) is 0 Å². The molecule has 0 aliphatic carbocycles. The van der Waals surface area contributed by atoms with Crippen LogP contribution in [0.4, 0.5) is 5.13 Å². The molecule has 0 bridgehead atoms. The lowest BCUT2D eigenvalue weighted by molar-refractivity contribution is -0.115. The molecule has 0 radical (unpaired) electrons. The van der Waals surface area contributed by atoms with Crippen LogP contribution in [0.25, 0.3) is 11.3 Å². The lowest BCUT2D eigenvalue weighted by Crippen LogP contribution is -2.14. The van der Waals surface area contributed by atoms with Crippen molar-refractivity contribution < 1.29 is 9.59 Å². The molecular weight excluding hydrogens is 356 g/mol. The molecule has 5 heteroatoms. The second-order valence-electron chi connectivity index (χ2n) is 6.74. The molecule has 1 N–H and O–H groups in total. The average Bonchev–Trinajstić information content (AvgIpc) is 3.07. The summed E-state index contributed by atoms with van der Waals surface area (Å²) in [5.41, 5.74) is 3.68. The number of rotatable bonds is 6. The number of Topliss-reactive ketones (excluding diaryl/α,β-unsaturated/α-hetero) is 1. The van der Waals surface area contributed by atoms with Gasteiger partial charge in [-0.05, 0) is 17.0 Å². The van der Waals surface area contributed by atoms with Gasteiger partial charge < -0.3 is 5.32 Å². The van der Waals surface area contributed by atoms with Gasteiger partial charge in [0, 0.05) is 12.5 Å². The molecule has 4 nitrogen and oxygen atoms in total. The Labute approximate surface area is 163 Å². The molecular formula is C22H22N2O2S. The summed E-state index contributed by atoms with van der Waals surface area (Å²) in [6.07, 6.45) is 0.272. The molecule has 0 saturated heterocycles. The van der Waals surface area contributed by atoms with Gasteiger partial charge >= 0.3 is 0 Å². The summed E-state index contributed by atoms with van der Waals surface area (Å²) in [5.74, 6) is 0.261. The Hall–Kier alpha value is -2.79. The lowest BCUT2D eigenvalue weighted by Gasteiger charge is -2.06. The Morgan fingerprint density at radius 3 is 2.30 bits per heavy atom. The summed E-state index contributed by atoms with van der Waals surface area (Å²) in [5, 5.41) is 3.28. The van der Waals surface area contributed by atoms with Gasteiger partial charge in [-0.1, -0.05) is 79.8 Å². The number of hydrogen-bond donors (Lipinski definition) is 1. The van der Waals surface area contributed by atoms with Crippen molar-refractivity contribution in [2.75, 3.05) is 5.32 Å². The molecule has 2 aromatic carbocycles. The minimum Gasteiger partial charge on any atom is -0.302 e. The SMILES string of the molecule is CC(=O)c1sc(NC(=O)Cc2ccc(C(C)C)cc2)nc1-c1ccccc1. The number of hydrogen-bond acceptors (Lipinski definition) is 4. The van der Waals surface area contributed by atoms with Crippen LogP contribution < -0.4 is 5.32 Å². The molecule has 1 amide bonds. The summed E-state index contributed by atoms with van der Waals surface area (Å²) in [4.78, 5) is 29.4. The molecule has 0 aliphatic heterocycles. The normalized spacial score (nSPS) is 10.8. The summed E-state index contributed by atoms with van der Waals surface area (Å²) < 4.78 is 0. The predicted molar refractivity (Wildman–Crippen MR) is 110 cm³/mol. The zero-order valence-electron chi connectivity index (χ0n) is 15.7. The van der Waals surface area contributed by atoms with Crippen molar-refractivity contribution in [3.05, 3.63) is 70.6 Å². The van der Waals surface area contributed by atoms with Crippen LogP contribution in [0.5, 0.6) is 0 Å². The number of nitrogens with zero attached hydrogens (tertiary/aromatic N) is 1. The standard InChI is InChI=1S/C22H22N2O2S/c1-14(2)17-11-9-16(10-12-17)13-19(26)23-22-24-20(21(27-22)15(3)25)18-7-5-4-6-8-18/h4-12,14H,13H2,1-3H3,(H,23,24,26). The van der Waals surface area contributed by atoms with Crippen LogP contribution in [0.1, 0.15) is 47.5 Å². The van der Waals surface area contributed by atoms with E-state index < -0.39 is 0 Å². The highest BCUT2D eigenvalue weighted by Gasteiger charge is 2.18. The van der Waals surface area contributed by atoms with Crippen molar-refractivity contribution >= 4 is 28.2 Å². The number of carbonyl (C=O) groups excluding carboxylic acids is 2. The number of anilines is 1. The van der Waals surface area contributed by atoms with E-state index in [2.05, 4.69) is 36.3 Å². The highest BCUT2D eigenvalue weighted by molar-refractivity contribution is 7.18. The zero-order valence-corrected chi connectivity index (χ0v) is 16.5. The fraction of sp³-hybridized carbons (Fsp3) is 0.227. The number of benzene rings is 2. The Balaban J connectivity index is 1.75. The number of nitrogens with one attached hydrogen (secondary N) is 1. The monoisotopic (exact) mass is 378 g/mol. The number of carbonyl (C=O) groups is 2. The molecule has 3 aromatic rings.